The molecule has 1 aromatic rings. The molecular weight excluding hydrogens is 279 g/mol. The van der Waals surface area contributed by atoms with Gasteiger partial charge in [0, 0.05) is 19.2 Å². The maximum absolute atomic E-state index is 14.1. The van der Waals surface area contributed by atoms with Crippen LogP contribution < -0.4 is 9.64 Å². The Kier molecular flexibility index (Phi) is 4.62. The second kappa shape index (κ2) is 6.26. The Morgan fingerprint density at radius 3 is 2.57 bits per heavy atom. The van der Waals surface area contributed by atoms with Crippen molar-refractivity contribution in [3.63, 3.8) is 0 Å². The van der Waals surface area contributed by atoms with Gasteiger partial charge in [0.05, 0.1) is 29.9 Å². The molecule has 0 aromatic heterocycles. The van der Waals surface area contributed by atoms with Crippen molar-refractivity contribution in [3.8, 4) is 5.75 Å². The van der Waals surface area contributed by atoms with Crippen LogP contribution >= 0.6 is 0 Å². The third-order valence-corrected chi connectivity index (χ3v) is 4.01. The minimum Gasteiger partial charge on any atom is -0.490 e. The number of methoxy groups -OCH3 is 1. The number of rotatable bonds is 4. The van der Waals surface area contributed by atoms with Gasteiger partial charge in [-0.05, 0) is 25.7 Å². The molecule has 0 bridgehead atoms. The third kappa shape index (κ3) is 3.24. The summed E-state index contributed by atoms with van der Waals surface area (Å²) in [5.74, 6) is -0.365. The van der Waals surface area contributed by atoms with Crippen LogP contribution in [-0.4, -0.2) is 36.3 Å². The number of ether oxygens (including phenoxy) is 1. The molecule has 6 nitrogen and oxygen atoms in total. The zero-order chi connectivity index (χ0) is 15.6. The fraction of sp³-hybridized carbons (Fsp3) is 0.571. The number of halogens is 1. The van der Waals surface area contributed by atoms with Crippen molar-refractivity contribution in [2.75, 3.05) is 25.1 Å². The summed E-state index contributed by atoms with van der Waals surface area (Å²) in [5.41, 5.74) is -0.0703. The monoisotopic (exact) mass is 298 g/mol. The maximum atomic E-state index is 14.1. The Hall–Kier alpha value is -1.89. The number of piperidine rings is 1. The van der Waals surface area contributed by atoms with Gasteiger partial charge < -0.3 is 14.7 Å². The average molecular weight is 298 g/mol. The molecule has 1 aliphatic heterocycles. The van der Waals surface area contributed by atoms with E-state index in [-0.39, 0.29) is 23.5 Å². The SMILES string of the molecule is COc1cc(N2CCC(C(C)O)CC2)c(F)cc1[N+](=O)[O-]. The Morgan fingerprint density at radius 1 is 1.48 bits per heavy atom. The van der Waals surface area contributed by atoms with Crippen LogP contribution in [0.5, 0.6) is 5.75 Å². The van der Waals surface area contributed by atoms with Crippen LogP contribution in [-0.2, 0) is 0 Å². The summed E-state index contributed by atoms with van der Waals surface area (Å²) < 4.78 is 19.1. The van der Waals surface area contributed by atoms with Gasteiger partial charge in [-0.15, -0.1) is 0 Å². The van der Waals surface area contributed by atoms with Gasteiger partial charge in [-0.25, -0.2) is 4.39 Å². The molecule has 1 N–H and O–H groups in total. The highest BCUT2D eigenvalue weighted by Crippen LogP contribution is 2.35. The van der Waals surface area contributed by atoms with E-state index in [9.17, 15) is 19.6 Å². The number of nitro groups is 1. The summed E-state index contributed by atoms with van der Waals surface area (Å²) in [7, 11) is 1.32. The number of benzene rings is 1. The van der Waals surface area contributed by atoms with Crippen LogP contribution in [0.25, 0.3) is 0 Å². The number of hydrogen-bond donors (Lipinski definition) is 1. The Morgan fingerprint density at radius 2 is 2.10 bits per heavy atom. The number of anilines is 1. The molecule has 0 aliphatic carbocycles. The average Bonchev–Trinajstić information content (AvgIpc) is 2.47. The topological polar surface area (TPSA) is 75.8 Å². The summed E-state index contributed by atoms with van der Waals surface area (Å²) in [5, 5.41) is 20.4. The zero-order valence-corrected chi connectivity index (χ0v) is 12.1. The number of aliphatic hydroxyl groups excluding tert-OH is 1. The molecule has 1 saturated heterocycles. The van der Waals surface area contributed by atoms with E-state index < -0.39 is 10.7 Å². The van der Waals surface area contributed by atoms with Gasteiger partial charge in [-0.3, -0.25) is 10.1 Å². The predicted molar refractivity (Wildman–Crippen MR) is 76.2 cm³/mol. The largest absolute Gasteiger partial charge is 0.490 e. The van der Waals surface area contributed by atoms with Crippen LogP contribution in [0.2, 0.25) is 0 Å². The molecular formula is C14H19FN2O4. The molecule has 1 unspecified atom stereocenters. The van der Waals surface area contributed by atoms with Crippen LogP contribution in [0.15, 0.2) is 12.1 Å². The van der Waals surface area contributed by atoms with Crippen molar-refractivity contribution in [2.24, 2.45) is 5.92 Å². The summed E-state index contributed by atoms with van der Waals surface area (Å²) in [6, 6.07) is 2.27. The molecule has 0 spiro atoms. The molecule has 1 heterocycles. The van der Waals surface area contributed by atoms with E-state index in [4.69, 9.17) is 4.74 Å². The smallest absolute Gasteiger partial charge is 0.313 e. The minimum absolute atomic E-state index is 0.0500. The van der Waals surface area contributed by atoms with E-state index in [0.29, 0.717) is 18.8 Å². The Bertz CT molecular complexity index is 528. The Labute approximate surface area is 122 Å². The summed E-state index contributed by atoms with van der Waals surface area (Å²) in [6.07, 6.45) is 1.15. The molecule has 1 atom stereocenters. The minimum atomic E-state index is -0.661. The lowest BCUT2D eigenvalue weighted by atomic mass is 9.92. The fourth-order valence-electron chi connectivity index (χ4n) is 2.70. The number of nitrogens with zero attached hydrogens (tertiary/aromatic N) is 2. The number of hydrogen-bond acceptors (Lipinski definition) is 5. The van der Waals surface area contributed by atoms with Gasteiger partial charge in [0.1, 0.15) is 0 Å². The lowest BCUT2D eigenvalue weighted by Crippen LogP contribution is -2.37. The summed E-state index contributed by atoms with van der Waals surface area (Å²) in [6.45, 7) is 2.97. The number of nitro benzene ring substituents is 1. The van der Waals surface area contributed by atoms with Crippen molar-refractivity contribution in [1.82, 2.24) is 0 Å². The second-order valence-electron chi connectivity index (χ2n) is 5.30. The fourth-order valence-corrected chi connectivity index (χ4v) is 2.70. The van der Waals surface area contributed by atoms with E-state index in [0.717, 1.165) is 18.9 Å². The van der Waals surface area contributed by atoms with Crippen molar-refractivity contribution in [3.05, 3.63) is 28.1 Å². The quantitative estimate of drug-likeness (QED) is 0.682. The first-order valence-corrected chi connectivity index (χ1v) is 6.89. The van der Waals surface area contributed by atoms with E-state index in [1.807, 2.05) is 4.90 Å². The van der Waals surface area contributed by atoms with Crippen LogP contribution in [0, 0.1) is 21.8 Å². The molecule has 1 fully saturated rings. The summed E-state index contributed by atoms with van der Waals surface area (Å²) in [4.78, 5) is 12.0. The zero-order valence-electron chi connectivity index (χ0n) is 12.1. The van der Waals surface area contributed by atoms with Crippen LogP contribution in [0.1, 0.15) is 19.8 Å². The molecule has 1 aromatic carbocycles. The van der Waals surface area contributed by atoms with Crippen molar-refractivity contribution in [1.29, 1.82) is 0 Å². The van der Waals surface area contributed by atoms with E-state index in [1.54, 1.807) is 6.92 Å². The first-order chi connectivity index (χ1) is 9.93. The van der Waals surface area contributed by atoms with Gasteiger partial charge in [-0.2, -0.15) is 0 Å². The van der Waals surface area contributed by atoms with Gasteiger partial charge in [-0.1, -0.05) is 0 Å². The van der Waals surface area contributed by atoms with Gasteiger partial charge >= 0.3 is 5.69 Å². The van der Waals surface area contributed by atoms with Crippen LogP contribution in [0.4, 0.5) is 15.8 Å². The summed E-state index contributed by atoms with van der Waals surface area (Å²) >= 11 is 0. The van der Waals surface area contributed by atoms with Gasteiger partial charge in [0.25, 0.3) is 0 Å². The molecule has 0 amide bonds. The normalized spacial score (nSPS) is 17.6. The Balaban J connectivity index is 2.23. The second-order valence-corrected chi connectivity index (χ2v) is 5.30. The van der Waals surface area contributed by atoms with Gasteiger partial charge in [0.2, 0.25) is 0 Å². The predicted octanol–water partition coefficient (Wildman–Crippen LogP) is 2.34. The standard InChI is InChI=1S/C14H19FN2O4/c1-9(18)10-3-5-16(6-4-10)12-8-14(21-2)13(17(19)20)7-11(12)15/h7-10,18H,3-6H2,1-2H3. The third-order valence-electron chi connectivity index (χ3n) is 4.01. The highest BCUT2D eigenvalue weighted by atomic mass is 19.1. The molecule has 21 heavy (non-hydrogen) atoms. The molecule has 1 aliphatic rings. The van der Waals surface area contributed by atoms with Crippen molar-refractivity contribution < 1.29 is 19.2 Å². The van der Waals surface area contributed by atoms with Crippen molar-refractivity contribution >= 4 is 11.4 Å². The lowest BCUT2D eigenvalue weighted by molar-refractivity contribution is -0.385. The number of aliphatic hydroxyl groups is 1. The maximum Gasteiger partial charge on any atom is 0.313 e. The van der Waals surface area contributed by atoms with Crippen LogP contribution in [0.3, 0.4) is 0 Å². The van der Waals surface area contributed by atoms with E-state index in [1.165, 1.54) is 13.2 Å². The first-order valence-electron chi connectivity index (χ1n) is 6.89. The van der Waals surface area contributed by atoms with E-state index >= 15 is 0 Å². The molecule has 116 valence electrons. The molecule has 0 saturated carbocycles. The van der Waals surface area contributed by atoms with Crippen molar-refractivity contribution in [2.45, 2.75) is 25.9 Å². The highest BCUT2D eigenvalue weighted by Gasteiger charge is 2.27. The highest BCUT2D eigenvalue weighted by molar-refractivity contribution is 5.60. The lowest BCUT2D eigenvalue weighted by Gasteiger charge is -2.35. The van der Waals surface area contributed by atoms with Gasteiger partial charge in [0.15, 0.2) is 11.6 Å². The molecule has 0 radical (unpaired) electrons. The molecule has 7 heteroatoms. The molecule has 2 rings (SSSR count). The first kappa shape index (κ1) is 15.5. The van der Waals surface area contributed by atoms with E-state index in [2.05, 4.69) is 0 Å².